The minimum absolute atomic E-state index is 0.0557. The molecule has 0 aliphatic heterocycles. The molecule has 5 heteroatoms. The maximum absolute atomic E-state index is 13.2. The number of hydrogen-bond acceptors (Lipinski definition) is 4. The molecule has 28 heavy (non-hydrogen) atoms. The van der Waals surface area contributed by atoms with Gasteiger partial charge in [-0.1, -0.05) is 25.0 Å². The number of amides is 1. The summed E-state index contributed by atoms with van der Waals surface area (Å²) in [6, 6.07) is 15.4. The fraction of sp³-hybridized carbons (Fsp3) is 0.435. The number of rotatable bonds is 9. The van der Waals surface area contributed by atoms with Crippen LogP contribution in [0, 0.1) is 0 Å². The van der Waals surface area contributed by atoms with E-state index in [1.165, 1.54) is 0 Å². The SMILES string of the molecule is CCOCCOc1ccc(NC(=O)C2(c3ccc(OC)cc3)CCCC2)cc1. The Morgan fingerprint density at radius 3 is 2.21 bits per heavy atom. The molecule has 0 atom stereocenters. The molecule has 0 heterocycles. The summed E-state index contributed by atoms with van der Waals surface area (Å²) in [7, 11) is 1.65. The van der Waals surface area contributed by atoms with E-state index in [0.717, 1.165) is 48.4 Å². The van der Waals surface area contributed by atoms with Crippen LogP contribution in [0.1, 0.15) is 38.2 Å². The van der Waals surface area contributed by atoms with Crippen molar-refractivity contribution in [1.29, 1.82) is 0 Å². The van der Waals surface area contributed by atoms with Gasteiger partial charge in [-0.05, 0) is 61.7 Å². The van der Waals surface area contributed by atoms with Gasteiger partial charge in [-0.15, -0.1) is 0 Å². The smallest absolute Gasteiger partial charge is 0.235 e. The van der Waals surface area contributed by atoms with Gasteiger partial charge in [0.1, 0.15) is 18.1 Å². The highest BCUT2D eigenvalue weighted by Gasteiger charge is 2.42. The monoisotopic (exact) mass is 383 g/mol. The van der Waals surface area contributed by atoms with E-state index in [1.54, 1.807) is 7.11 Å². The first-order valence-electron chi connectivity index (χ1n) is 9.94. The predicted octanol–water partition coefficient (Wildman–Crippen LogP) is 4.56. The highest BCUT2D eigenvalue weighted by molar-refractivity contribution is 5.99. The second-order valence-corrected chi connectivity index (χ2v) is 7.04. The second-order valence-electron chi connectivity index (χ2n) is 7.04. The van der Waals surface area contributed by atoms with Crippen LogP contribution < -0.4 is 14.8 Å². The first-order valence-corrected chi connectivity index (χ1v) is 9.94. The summed E-state index contributed by atoms with van der Waals surface area (Å²) >= 11 is 0. The molecule has 2 aromatic rings. The second kappa shape index (κ2) is 9.60. The third kappa shape index (κ3) is 4.65. The number of carbonyl (C=O) groups excluding carboxylic acids is 1. The van der Waals surface area contributed by atoms with Gasteiger partial charge in [0.25, 0.3) is 0 Å². The molecular weight excluding hydrogens is 354 g/mol. The summed E-state index contributed by atoms with van der Waals surface area (Å²) in [5.41, 5.74) is 1.36. The molecular formula is C23H29NO4. The van der Waals surface area contributed by atoms with E-state index >= 15 is 0 Å². The summed E-state index contributed by atoms with van der Waals surface area (Å²) < 4.78 is 16.1. The average molecular weight is 383 g/mol. The van der Waals surface area contributed by atoms with Crippen LogP contribution in [-0.4, -0.2) is 32.8 Å². The van der Waals surface area contributed by atoms with Crippen molar-refractivity contribution in [2.45, 2.75) is 38.0 Å². The molecule has 1 fully saturated rings. The first-order chi connectivity index (χ1) is 13.7. The van der Waals surface area contributed by atoms with E-state index in [4.69, 9.17) is 14.2 Å². The van der Waals surface area contributed by atoms with Gasteiger partial charge in [0.05, 0.1) is 19.1 Å². The highest BCUT2D eigenvalue weighted by atomic mass is 16.5. The van der Waals surface area contributed by atoms with Gasteiger partial charge in [-0.3, -0.25) is 4.79 Å². The van der Waals surface area contributed by atoms with E-state index in [-0.39, 0.29) is 5.91 Å². The summed E-state index contributed by atoms with van der Waals surface area (Å²) in [5, 5.41) is 3.10. The topological polar surface area (TPSA) is 56.8 Å². The summed E-state index contributed by atoms with van der Waals surface area (Å²) in [6.07, 6.45) is 3.85. The maximum atomic E-state index is 13.2. The summed E-state index contributed by atoms with van der Waals surface area (Å²) in [4.78, 5) is 13.2. The van der Waals surface area contributed by atoms with E-state index < -0.39 is 5.41 Å². The van der Waals surface area contributed by atoms with Gasteiger partial charge in [-0.2, -0.15) is 0 Å². The Bertz CT molecular complexity index is 749. The van der Waals surface area contributed by atoms with Crippen molar-refractivity contribution in [3.8, 4) is 11.5 Å². The lowest BCUT2D eigenvalue weighted by Crippen LogP contribution is -2.37. The van der Waals surface area contributed by atoms with E-state index in [1.807, 2.05) is 55.5 Å². The maximum Gasteiger partial charge on any atom is 0.235 e. The molecule has 0 unspecified atom stereocenters. The number of carbonyl (C=O) groups is 1. The molecule has 3 rings (SSSR count). The number of nitrogens with one attached hydrogen (secondary N) is 1. The van der Waals surface area contributed by atoms with Crippen LogP contribution in [0.15, 0.2) is 48.5 Å². The zero-order valence-electron chi connectivity index (χ0n) is 16.7. The number of benzene rings is 2. The highest BCUT2D eigenvalue weighted by Crippen LogP contribution is 2.42. The molecule has 0 spiro atoms. The lowest BCUT2D eigenvalue weighted by atomic mass is 9.78. The van der Waals surface area contributed by atoms with Crippen LogP contribution in [-0.2, 0) is 14.9 Å². The Morgan fingerprint density at radius 1 is 0.964 bits per heavy atom. The minimum Gasteiger partial charge on any atom is -0.497 e. The largest absolute Gasteiger partial charge is 0.497 e. The van der Waals surface area contributed by atoms with Crippen molar-refractivity contribution in [1.82, 2.24) is 0 Å². The zero-order valence-corrected chi connectivity index (χ0v) is 16.7. The van der Waals surface area contributed by atoms with Crippen molar-refractivity contribution >= 4 is 11.6 Å². The van der Waals surface area contributed by atoms with Gasteiger partial charge in [0.2, 0.25) is 5.91 Å². The molecule has 2 aromatic carbocycles. The molecule has 1 saturated carbocycles. The first kappa shape index (κ1) is 20.2. The van der Waals surface area contributed by atoms with Crippen molar-refractivity contribution in [3.63, 3.8) is 0 Å². The summed E-state index contributed by atoms with van der Waals surface area (Å²) in [6.45, 7) is 3.73. The van der Waals surface area contributed by atoms with Gasteiger partial charge >= 0.3 is 0 Å². The molecule has 1 amide bonds. The van der Waals surface area contributed by atoms with Crippen LogP contribution in [0.5, 0.6) is 11.5 Å². The summed E-state index contributed by atoms with van der Waals surface area (Å²) in [5.74, 6) is 1.63. The van der Waals surface area contributed by atoms with Crippen LogP contribution in [0.25, 0.3) is 0 Å². The molecule has 1 aliphatic rings. The molecule has 1 N–H and O–H groups in total. The van der Waals surface area contributed by atoms with Crippen LogP contribution in [0.3, 0.4) is 0 Å². The zero-order chi connectivity index (χ0) is 19.8. The fourth-order valence-corrected chi connectivity index (χ4v) is 3.78. The van der Waals surface area contributed by atoms with Gasteiger partial charge < -0.3 is 19.5 Å². The third-order valence-electron chi connectivity index (χ3n) is 5.35. The third-order valence-corrected chi connectivity index (χ3v) is 5.35. The normalized spacial score (nSPS) is 15.2. The molecule has 0 aromatic heterocycles. The Morgan fingerprint density at radius 2 is 1.61 bits per heavy atom. The average Bonchev–Trinajstić information content (AvgIpc) is 3.24. The number of ether oxygens (including phenoxy) is 3. The van der Waals surface area contributed by atoms with Crippen molar-refractivity contribution in [2.24, 2.45) is 0 Å². The van der Waals surface area contributed by atoms with Gasteiger partial charge in [0.15, 0.2) is 0 Å². The van der Waals surface area contributed by atoms with E-state index in [2.05, 4.69) is 5.32 Å². The van der Waals surface area contributed by atoms with Crippen molar-refractivity contribution in [2.75, 3.05) is 32.2 Å². The van der Waals surface area contributed by atoms with Gasteiger partial charge in [0, 0.05) is 12.3 Å². The molecule has 0 radical (unpaired) electrons. The molecule has 0 saturated heterocycles. The van der Waals surface area contributed by atoms with Crippen LogP contribution >= 0.6 is 0 Å². The van der Waals surface area contributed by atoms with E-state index in [0.29, 0.717) is 19.8 Å². The number of methoxy groups -OCH3 is 1. The van der Waals surface area contributed by atoms with Crippen LogP contribution in [0.4, 0.5) is 5.69 Å². The standard InChI is InChI=1S/C23H29NO4/c1-3-27-16-17-28-21-12-8-19(9-13-21)24-22(25)23(14-4-5-15-23)18-6-10-20(26-2)11-7-18/h6-13H,3-5,14-17H2,1-2H3,(H,24,25). The Hall–Kier alpha value is -2.53. The quantitative estimate of drug-likeness (QED) is 0.645. The Labute approximate surface area is 167 Å². The molecule has 0 bridgehead atoms. The molecule has 1 aliphatic carbocycles. The minimum atomic E-state index is -0.473. The van der Waals surface area contributed by atoms with E-state index in [9.17, 15) is 4.79 Å². The van der Waals surface area contributed by atoms with Crippen molar-refractivity contribution < 1.29 is 19.0 Å². The Balaban J connectivity index is 1.67. The fourth-order valence-electron chi connectivity index (χ4n) is 3.78. The predicted molar refractivity (Wildman–Crippen MR) is 110 cm³/mol. The number of anilines is 1. The number of hydrogen-bond donors (Lipinski definition) is 1. The van der Waals surface area contributed by atoms with Crippen molar-refractivity contribution in [3.05, 3.63) is 54.1 Å². The molecule has 5 nitrogen and oxygen atoms in total. The lowest BCUT2D eigenvalue weighted by Gasteiger charge is -2.28. The lowest BCUT2D eigenvalue weighted by molar-refractivity contribution is -0.121. The van der Waals surface area contributed by atoms with Crippen LogP contribution in [0.2, 0.25) is 0 Å². The van der Waals surface area contributed by atoms with Gasteiger partial charge in [-0.25, -0.2) is 0 Å². The molecule has 150 valence electrons. The Kier molecular flexibility index (Phi) is 6.93.